The summed E-state index contributed by atoms with van der Waals surface area (Å²) in [5.74, 6) is -0.701. The molecule has 7 nitrogen and oxygen atoms in total. The minimum absolute atomic E-state index is 0.135. The zero-order valence-electron chi connectivity index (χ0n) is 14.2. The molecule has 8 heteroatoms. The largest absolute Gasteiger partial charge is 0.466 e. The highest BCUT2D eigenvalue weighted by Crippen LogP contribution is 2.16. The van der Waals surface area contributed by atoms with Crippen molar-refractivity contribution in [1.29, 1.82) is 0 Å². The smallest absolute Gasteiger partial charge is 0.337 e. The first-order valence-corrected chi connectivity index (χ1v) is 8.49. The number of ether oxygens (including phenoxy) is 2. The van der Waals surface area contributed by atoms with Gasteiger partial charge in [-0.3, -0.25) is 10.2 Å². The summed E-state index contributed by atoms with van der Waals surface area (Å²) in [7, 11) is 1.34. The fraction of sp³-hybridized carbons (Fsp3) is 0.294. The molecule has 0 unspecified atom stereocenters. The van der Waals surface area contributed by atoms with Crippen LogP contribution in [0.4, 0.5) is 5.13 Å². The maximum Gasteiger partial charge on any atom is 0.337 e. The van der Waals surface area contributed by atoms with Crippen molar-refractivity contribution < 1.29 is 19.1 Å². The number of methoxy groups -OCH3 is 1. The van der Waals surface area contributed by atoms with Crippen LogP contribution in [0, 0.1) is 6.92 Å². The van der Waals surface area contributed by atoms with Gasteiger partial charge in [0.25, 0.3) is 0 Å². The summed E-state index contributed by atoms with van der Waals surface area (Å²) in [6, 6.07) is 5.34. The van der Waals surface area contributed by atoms with Crippen molar-refractivity contribution in [2.45, 2.75) is 20.3 Å². The van der Waals surface area contributed by atoms with Crippen LogP contribution >= 0.6 is 11.3 Å². The summed E-state index contributed by atoms with van der Waals surface area (Å²) in [4.78, 5) is 27.3. The average Bonchev–Trinajstić information content (AvgIpc) is 3.01. The van der Waals surface area contributed by atoms with Crippen LogP contribution in [-0.2, 0) is 20.7 Å². The van der Waals surface area contributed by atoms with Crippen LogP contribution in [0.25, 0.3) is 0 Å². The van der Waals surface area contributed by atoms with E-state index in [0.717, 1.165) is 11.1 Å². The van der Waals surface area contributed by atoms with Crippen LogP contribution in [0.3, 0.4) is 0 Å². The molecule has 0 saturated carbocycles. The van der Waals surface area contributed by atoms with Gasteiger partial charge >= 0.3 is 11.9 Å². The molecular weight excluding hydrogens is 342 g/mol. The second kappa shape index (κ2) is 8.93. The molecule has 0 aliphatic rings. The highest BCUT2D eigenvalue weighted by atomic mass is 32.1. The second-order valence-corrected chi connectivity index (χ2v) is 5.98. The van der Waals surface area contributed by atoms with Crippen molar-refractivity contribution >= 4 is 34.6 Å². The standard InChI is InChI=1S/C17H19N3O4S/c1-4-24-15(21)8-14-10-25-17(19-14)20-18-9-12-5-11(2)6-13(7-12)16(22)23-3/h5-7,9-10H,4,8H2,1-3H3,(H,19,20). The molecule has 0 aliphatic heterocycles. The Morgan fingerprint density at radius 1 is 1.36 bits per heavy atom. The van der Waals surface area contributed by atoms with Crippen LogP contribution in [0.15, 0.2) is 28.7 Å². The van der Waals surface area contributed by atoms with E-state index in [9.17, 15) is 9.59 Å². The number of carbonyl (C=O) groups excluding carboxylic acids is 2. The fourth-order valence-corrected chi connectivity index (χ4v) is 2.74. The molecule has 0 amide bonds. The number of nitrogens with zero attached hydrogens (tertiary/aromatic N) is 2. The Bertz CT molecular complexity index is 786. The second-order valence-electron chi connectivity index (χ2n) is 5.12. The van der Waals surface area contributed by atoms with Gasteiger partial charge in [0.2, 0.25) is 5.13 Å². The summed E-state index contributed by atoms with van der Waals surface area (Å²) < 4.78 is 9.61. The van der Waals surface area contributed by atoms with Gasteiger partial charge in [-0.2, -0.15) is 5.10 Å². The van der Waals surface area contributed by atoms with Gasteiger partial charge in [0, 0.05) is 5.38 Å². The molecule has 2 rings (SSSR count). The first-order valence-electron chi connectivity index (χ1n) is 7.61. The third-order valence-corrected chi connectivity index (χ3v) is 3.87. The Kier molecular flexibility index (Phi) is 6.64. The molecule has 0 bridgehead atoms. The molecule has 0 aliphatic carbocycles. The molecule has 0 atom stereocenters. The number of aryl methyl sites for hydroxylation is 1. The topological polar surface area (TPSA) is 89.9 Å². The first kappa shape index (κ1) is 18.6. The van der Waals surface area contributed by atoms with Crippen molar-refractivity contribution in [1.82, 2.24) is 4.98 Å². The lowest BCUT2D eigenvalue weighted by atomic mass is 10.1. The minimum atomic E-state index is -0.394. The van der Waals surface area contributed by atoms with Gasteiger partial charge in [0.1, 0.15) is 0 Å². The molecule has 1 N–H and O–H groups in total. The molecule has 0 spiro atoms. The Hall–Kier alpha value is -2.74. The fourth-order valence-electron chi connectivity index (χ4n) is 2.08. The van der Waals surface area contributed by atoms with E-state index in [1.807, 2.05) is 13.0 Å². The molecule has 0 fully saturated rings. The number of anilines is 1. The number of thiazole rings is 1. The van der Waals surface area contributed by atoms with E-state index >= 15 is 0 Å². The molecule has 1 heterocycles. The summed E-state index contributed by atoms with van der Waals surface area (Å²) in [5.41, 5.74) is 5.59. The summed E-state index contributed by atoms with van der Waals surface area (Å²) in [6.07, 6.45) is 1.72. The van der Waals surface area contributed by atoms with Crippen LogP contribution in [0.1, 0.15) is 34.1 Å². The number of benzene rings is 1. The maximum absolute atomic E-state index is 11.6. The molecule has 0 radical (unpaired) electrons. The van der Waals surface area contributed by atoms with E-state index in [4.69, 9.17) is 9.47 Å². The minimum Gasteiger partial charge on any atom is -0.466 e. The van der Waals surface area contributed by atoms with Gasteiger partial charge in [0.15, 0.2) is 0 Å². The van der Waals surface area contributed by atoms with Gasteiger partial charge in [-0.1, -0.05) is 6.07 Å². The molecule has 1 aromatic carbocycles. The van der Waals surface area contributed by atoms with Gasteiger partial charge in [-0.25, -0.2) is 9.78 Å². The van der Waals surface area contributed by atoms with Gasteiger partial charge in [0.05, 0.1) is 37.6 Å². The third-order valence-electron chi connectivity index (χ3n) is 3.08. The normalized spacial score (nSPS) is 10.7. The number of hydrogen-bond acceptors (Lipinski definition) is 8. The Labute approximate surface area is 149 Å². The van der Waals surface area contributed by atoms with Crippen molar-refractivity contribution in [3.63, 3.8) is 0 Å². The summed E-state index contributed by atoms with van der Waals surface area (Å²) in [6.45, 7) is 4.00. The molecule has 1 aromatic heterocycles. The molecule has 0 saturated heterocycles. The SMILES string of the molecule is CCOC(=O)Cc1csc(NN=Cc2cc(C)cc(C(=O)OC)c2)n1. The summed E-state index contributed by atoms with van der Waals surface area (Å²) >= 11 is 1.34. The maximum atomic E-state index is 11.6. The zero-order valence-corrected chi connectivity index (χ0v) is 15.1. The average molecular weight is 361 g/mol. The number of hydrazone groups is 1. The van der Waals surface area contributed by atoms with Crippen LogP contribution in [0.5, 0.6) is 0 Å². The van der Waals surface area contributed by atoms with Crippen molar-refractivity contribution in [2.75, 3.05) is 19.1 Å². The molecule has 132 valence electrons. The van der Waals surface area contributed by atoms with Crippen molar-refractivity contribution in [3.05, 3.63) is 46.0 Å². The molecule has 2 aromatic rings. The van der Waals surface area contributed by atoms with Crippen LogP contribution in [0.2, 0.25) is 0 Å². The van der Waals surface area contributed by atoms with E-state index in [0.29, 0.717) is 23.0 Å². The van der Waals surface area contributed by atoms with Crippen LogP contribution < -0.4 is 5.43 Å². The predicted octanol–water partition coefficient (Wildman–Crippen LogP) is 2.79. The predicted molar refractivity (Wildman–Crippen MR) is 96.2 cm³/mol. The monoisotopic (exact) mass is 361 g/mol. The number of carbonyl (C=O) groups is 2. The third kappa shape index (κ3) is 5.68. The highest BCUT2D eigenvalue weighted by Gasteiger charge is 2.08. The van der Waals surface area contributed by atoms with Gasteiger partial charge < -0.3 is 9.47 Å². The Balaban J connectivity index is 1.99. The molecule has 25 heavy (non-hydrogen) atoms. The number of rotatable bonds is 7. The van der Waals surface area contributed by atoms with E-state index in [1.165, 1.54) is 18.4 Å². The number of hydrogen-bond donors (Lipinski definition) is 1. The highest BCUT2D eigenvalue weighted by molar-refractivity contribution is 7.13. The number of esters is 2. The Morgan fingerprint density at radius 3 is 2.88 bits per heavy atom. The van der Waals surface area contributed by atoms with Crippen molar-refractivity contribution in [3.8, 4) is 0 Å². The quantitative estimate of drug-likeness (QED) is 0.463. The van der Waals surface area contributed by atoms with Crippen molar-refractivity contribution in [2.24, 2.45) is 5.10 Å². The van der Waals surface area contributed by atoms with Gasteiger partial charge in [-0.15, -0.1) is 11.3 Å². The zero-order chi connectivity index (χ0) is 18.2. The summed E-state index contributed by atoms with van der Waals surface area (Å²) in [5, 5.41) is 6.45. The Morgan fingerprint density at radius 2 is 2.16 bits per heavy atom. The van der Waals surface area contributed by atoms with E-state index in [2.05, 4.69) is 15.5 Å². The number of nitrogens with one attached hydrogen (secondary N) is 1. The first-order chi connectivity index (χ1) is 12.0. The van der Waals surface area contributed by atoms with Gasteiger partial charge in [-0.05, 0) is 37.1 Å². The lowest BCUT2D eigenvalue weighted by Crippen LogP contribution is -2.07. The lowest BCUT2D eigenvalue weighted by molar-refractivity contribution is -0.142. The van der Waals surface area contributed by atoms with E-state index in [1.54, 1.807) is 30.7 Å². The number of aromatic nitrogens is 1. The van der Waals surface area contributed by atoms with Crippen LogP contribution in [-0.4, -0.2) is 36.9 Å². The van der Waals surface area contributed by atoms with E-state index in [-0.39, 0.29) is 12.4 Å². The van der Waals surface area contributed by atoms with E-state index < -0.39 is 5.97 Å². The lowest BCUT2D eigenvalue weighted by Gasteiger charge is -2.03. The molecular formula is C17H19N3O4S.